The van der Waals surface area contributed by atoms with Crippen LogP contribution in [0.15, 0.2) is 83.0 Å². The van der Waals surface area contributed by atoms with E-state index in [4.69, 9.17) is 9.90 Å². The molecule has 8 heteroatoms. The summed E-state index contributed by atoms with van der Waals surface area (Å²) in [6.45, 7) is 1.08. The Kier molecular flexibility index (Phi) is 7.70. The fraction of sp³-hybridized carbons (Fsp3) is 0.0455. The summed E-state index contributed by atoms with van der Waals surface area (Å²) in [5.74, 6) is -1.04. The first-order valence-electron chi connectivity index (χ1n) is 9.20. The number of carbonyl (C=O) groups excluding carboxylic acids is 1. The van der Waals surface area contributed by atoms with Gasteiger partial charge in [-0.2, -0.15) is 0 Å². The summed E-state index contributed by atoms with van der Waals surface area (Å²) < 4.78 is 3.37. The quantitative estimate of drug-likeness (QED) is 0.494. The van der Waals surface area contributed by atoms with Gasteiger partial charge < -0.3 is 9.67 Å². The van der Waals surface area contributed by atoms with Gasteiger partial charge in [-0.25, -0.2) is 0 Å². The van der Waals surface area contributed by atoms with Gasteiger partial charge in [-0.15, -0.1) is 0 Å². The van der Waals surface area contributed by atoms with Crippen molar-refractivity contribution < 1.29 is 14.7 Å². The SMILES string of the molecule is CC(=O)O.O=C1N=C(Nc2cc[c]([Na])cc2)S/C1=C\c1ccc(-n2cccc2)cc1. The van der Waals surface area contributed by atoms with Crippen molar-refractivity contribution in [2.24, 2.45) is 4.99 Å². The number of carbonyl (C=O) groups is 2. The summed E-state index contributed by atoms with van der Waals surface area (Å²) >= 11 is 2.40. The molecule has 0 spiro atoms. The summed E-state index contributed by atoms with van der Waals surface area (Å²) in [6, 6.07) is 20.3. The number of benzene rings is 2. The molecule has 3 aromatic rings. The molecule has 1 amide bonds. The van der Waals surface area contributed by atoms with Gasteiger partial charge >= 0.3 is 139 Å². The number of amides is 1. The van der Waals surface area contributed by atoms with Crippen molar-refractivity contribution in [3.63, 3.8) is 0 Å². The average molecular weight is 427 g/mol. The van der Waals surface area contributed by atoms with Gasteiger partial charge in [0.25, 0.3) is 5.97 Å². The van der Waals surface area contributed by atoms with Gasteiger partial charge in [0.2, 0.25) is 0 Å². The molecule has 1 aliphatic rings. The van der Waals surface area contributed by atoms with Crippen LogP contribution < -0.4 is 8.13 Å². The molecule has 4 rings (SSSR count). The topological polar surface area (TPSA) is 83.7 Å². The molecule has 146 valence electrons. The van der Waals surface area contributed by atoms with E-state index in [9.17, 15) is 4.79 Å². The third kappa shape index (κ3) is 6.47. The summed E-state index contributed by atoms with van der Waals surface area (Å²) in [4.78, 5) is 25.9. The molecule has 0 bridgehead atoms. The monoisotopic (exact) mass is 427 g/mol. The molecule has 0 saturated carbocycles. The normalized spacial score (nSPS) is 14.2. The maximum absolute atomic E-state index is 12.2. The molecule has 2 aromatic carbocycles. The van der Waals surface area contributed by atoms with E-state index in [1.165, 1.54) is 14.6 Å². The van der Waals surface area contributed by atoms with Crippen molar-refractivity contribution in [1.82, 2.24) is 4.57 Å². The predicted molar refractivity (Wildman–Crippen MR) is 123 cm³/mol. The number of carboxylic acids is 1. The first kappa shape index (κ1) is 22.1. The van der Waals surface area contributed by atoms with E-state index in [1.54, 1.807) is 0 Å². The van der Waals surface area contributed by atoms with Crippen LogP contribution in [0.5, 0.6) is 0 Å². The Bertz CT molecular complexity index is 1090. The van der Waals surface area contributed by atoms with E-state index in [0.29, 0.717) is 10.1 Å². The van der Waals surface area contributed by atoms with Gasteiger partial charge in [-0.05, 0) is 12.1 Å². The van der Waals surface area contributed by atoms with Crippen LogP contribution in [-0.2, 0) is 9.59 Å². The fourth-order valence-electron chi connectivity index (χ4n) is 2.62. The van der Waals surface area contributed by atoms with Crippen molar-refractivity contribution in [1.29, 1.82) is 0 Å². The van der Waals surface area contributed by atoms with E-state index in [2.05, 4.69) is 22.4 Å². The molecule has 1 aliphatic heterocycles. The van der Waals surface area contributed by atoms with Gasteiger partial charge in [-0.3, -0.25) is 4.79 Å². The average Bonchev–Trinajstić information content (AvgIpc) is 3.35. The van der Waals surface area contributed by atoms with E-state index >= 15 is 0 Å². The number of thioether (sulfide) groups is 1. The first-order chi connectivity index (χ1) is 14.4. The zero-order valence-corrected chi connectivity index (χ0v) is 19.4. The summed E-state index contributed by atoms with van der Waals surface area (Å²) in [5, 5.41) is 11.2. The van der Waals surface area contributed by atoms with Crippen molar-refractivity contribution in [2.45, 2.75) is 6.92 Å². The maximum atomic E-state index is 12.2. The second kappa shape index (κ2) is 10.4. The minimum absolute atomic E-state index is 0.202. The Morgan fingerprint density at radius 3 is 2.30 bits per heavy atom. The Morgan fingerprint density at radius 2 is 1.70 bits per heavy atom. The number of amidine groups is 1. The number of carboxylic acid groups (broad SMARTS) is 1. The zero-order valence-electron chi connectivity index (χ0n) is 16.6. The predicted octanol–water partition coefficient (Wildman–Crippen LogP) is 3.44. The number of nitrogens with one attached hydrogen (secondary N) is 1. The van der Waals surface area contributed by atoms with Gasteiger partial charge in [0.15, 0.2) is 0 Å². The Balaban J connectivity index is 0.000000589. The summed E-state index contributed by atoms with van der Waals surface area (Å²) in [7, 11) is 0. The molecule has 2 N–H and O–H groups in total. The molecule has 2 heterocycles. The zero-order chi connectivity index (χ0) is 21.5. The molecule has 0 fully saturated rings. The molecule has 1 aromatic heterocycles. The van der Waals surface area contributed by atoms with Crippen molar-refractivity contribution >= 4 is 71.3 Å². The summed E-state index contributed by atoms with van der Waals surface area (Å²) in [5.41, 5.74) is 3.01. The second-order valence-corrected chi connectivity index (χ2v) is 8.71. The number of aromatic nitrogens is 1. The van der Waals surface area contributed by atoms with Crippen LogP contribution in [-0.4, -0.2) is 54.6 Å². The van der Waals surface area contributed by atoms with Crippen molar-refractivity contribution in [3.05, 3.63) is 83.5 Å². The third-order valence-corrected chi connectivity index (χ3v) is 5.58. The third-order valence-electron chi connectivity index (χ3n) is 4.02. The number of anilines is 1. The van der Waals surface area contributed by atoms with E-state index < -0.39 is 5.97 Å². The first-order valence-corrected chi connectivity index (χ1v) is 11.0. The molecule has 0 saturated heterocycles. The molecule has 0 aliphatic carbocycles. The van der Waals surface area contributed by atoms with Crippen LogP contribution in [0.1, 0.15) is 12.5 Å². The minimum atomic E-state index is -0.833. The molecular formula is C22H18N3NaO3S. The Morgan fingerprint density at radius 1 is 1.10 bits per heavy atom. The fourth-order valence-corrected chi connectivity index (χ4v) is 3.79. The number of hydrogen-bond donors (Lipinski definition) is 2. The molecule has 0 unspecified atom stereocenters. The van der Waals surface area contributed by atoms with Gasteiger partial charge in [0.1, 0.15) is 0 Å². The van der Waals surface area contributed by atoms with E-state index in [-0.39, 0.29) is 5.91 Å². The Labute approximate surface area is 196 Å². The van der Waals surface area contributed by atoms with Crippen LogP contribution in [0.25, 0.3) is 11.8 Å². The number of aliphatic carboxylic acids is 1. The standard InChI is InChI=1S/C20H14N3OS.C2H4O2.Na/c24-19-18(25-20(22-19)21-16-6-2-1-3-7-16)14-15-8-10-17(11-9-15)23-12-4-5-13-23;1-2(3)4;/h2-14H,(H,21,22,24);1H3,(H,3,4);/b18-14-;;. The molecule has 30 heavy (non-hydrogen) atoms. The molecule has 6 nitrogen and oxygen atoms in total. The molecule has 0 atom stereocenters. The Hall–Kier alpha value is -2.58. The molecular weight excluding hydrogens is 409 g/mol. The molecule has 0 radical (unpaired) electrons. The van der Waals surface area contributed by atoms with Gasteiger partial charge in [0.05, 0.1) is 0 Å². The van der Waals surface area contributed by atoms with Gasteiger partial charge in [0, 0.05) is 25.0 Å². The van der Waals surface area contributed by atoms with Crippen LogP contribution >= 0.6 is 11.8 Å². The number of hydrogen-bond acceptors (Lipinski definition) is 4. The van der Waals surface area contributed by atoms with Crippen molar-refractivity contribution in [3.8, 4) is 5.69 Å². The van der Waals surface area contributed by atoms with Crippen molar-refractivity contribution in [2.75, 3.05) is 5.32 Å². The van der Waals surface area contributed by atoms with Crippen LogP contribution in [0, 0.1) is 0 Å². The summed E-state index contributed by atoms with van der Waals surface area (Å²) in [6.07, 6.45) is 5.89. The number of rotatable bonds is 3. The number of nitrogens with zero attached hydrogens (tertiary/aromatic N) is 2. The van der Waals surface area contributed by atoms with Crippen LogP contribution in [0.4, 0.5) is 5.69 Å². The van der Waals surface area contributed by atoms with Crippen LogP contribution in [0.3, 0.4) is 0 Å². The second-order valence-electron chi connectivity index (χ2n) is 6.52. The number of aliphatic imine (C=N–C) groups is 1. The van der Waals surface area contributed by atoms with Gasteiger partial charge in [-0.1, -0.05) is 0 Å². The van der Waals surface area contributed by atoms with E-state index in [0.717, 1.165) is 51.8 Å². The van der Waals surface area contributed by atoms with E-state index in [1.807, 2.05) is 71.6 Å². The van der Waals surface area contributed by atoms with Crippen LogP contribution in [0.2, 0.25) is 0 Å².